The number of hydrogen-bond acceptors (Lipinski definition) is 0. The van der Waals surface area contributed by atoms with Crippen molar-refractivity contribution in [2.24, 2.45) is 0 Å². The third-order valence-electron chi connectivity index (χ3n) is 6.12. The van der Waals surface area contributed by atoms with Gasteiger partial charge in [-0.25, -0.2) is 0 Å². The third-order valence-corrected chi connectivity index (χ3v) is 21.6. The van der Waals surface area contributed by atoms with Gasteiger partial charge in [-0.15, -0.1) is 0 Å². The van der Waals surface area contributed by atoms with Crippen LogP contribution in [0.25, 0.3) is 10.9 Å². The zero-order chi connectivity index (χ0) is 18.8. The quantitative estimate of drug-likeness (QED) is 0.272. The van der Waals surface area contributed by atoms with Crippen LogP contribution in [0.2, 0.25) is 13.3 Å². The second-order valence-corrected chi connectivity index (χ2v) is 21.2. The Labute approximate surface area is 166 Å². The second kappa shape index (κ2) is 11.4. The SMILES string of the molecule is CCCCn1[c]([Sn]([CH2]CCC)([CH2]CCC)[CH2]CCC)cc2ccccc21. The summed E-state index contributed by atoms with van der Waals surface area (Å²) < 4.78 is 9.33. The van der Waals surface area contributed by atoms with Crippen LogP contribution < -0.4 is 3.71 Å². The van der Waals surface area contributed by atoms with Crippen LogP contribution in [0.1, 0.15) is 79.1 Å². The normalized spacial score (nSPS) is 12.2. The molecular formula is C24H41NSn. The number of nitrogens with zero attached hydrogens (tertiary/aromatic N) is 1. The van der Waals surface area contributed by atoms with Crippen molar-refractivity contribution < 1.29 is 0 Å². The zero-order valence-electron chi connectivity index (χ0n) is 17.8. The van der Waals surface area contributed by atoms with E-state index in [9.17, 15) is 0 Å². The average Bonchev–Trinajstić information content (AvgIpc) is 3.05. The fraction of sp³-hybridized carbons (Fsp3) is 0.667. The summed E-state index contributed by atoms with van der Waals surface area (Å²) in [6.45, 7) is 10.7. The van der Waals surface area contributed by atoms with Crippen molar-refractivity contribution in [3.63, 3.8) is 0 Å². The monoisotopic (exact) mass is 463 g/mol. The van der Waals surface area contributed by atoms with Crippen molar-refractivity contribution in [1.82, 2.24) is 4.57 Å². The van der Waals surface area contributed by atoms with E-state index >= 15 is 0 Å². The Morgan fingerprint density at radius 1 is 0.731 bits per heavy atom. The van der Waals surface area contributed by atoms with Crippen molar-refractivity contribution in [3.8, 4) is 0 Å². The van der Waals surface area contributed by atoms with Gasteiger partial charge in [0.1, 0.15) is 0 Å². The summed E-state index contributed by atoms with van der Waals surface area (Å²) in [5, 5.41) is 1.49. The van der Waals surface area contributed by atoms with E-state index in [1.54, 1.807) is 13.3 Å². The average molecular weight is 462 g/mol. The van der Waals surface area contributed by atoms with Crippen LogP contribution in [0.3, 0.4) is 0 Å². The fourth-order valence-corrected chi connectivity index (χ4v) is 21.3. The van der Waals surface area contributed by atoms with E-state index in [-0.39, 0.29) is 0 Å². The number of hydrogen-bond donors (Lipinski definition) is 0. The number of aryl methyl sites for hydroxylation is 1. The van der Waals surface area contributed by atoms with Gasteiger partial charge in [0.05, 0.1) is 0 Å². The molecule has 0 aliphatic rings. The molecule has 0 fully saturated rings. The second-order valence-electron chi connectivity index (χ2n) is 8.18. The van der Waals surface area contributed by atoms with Crippen molar-refractivity contribution >= 4 is 33.0 Å². The van der Waals surface area contributed by atoms with Crippen LogP contribution in [-0.4, -0.2) is 22.9 Å². The van der Waals surface area contributed by atoms with Gasteiger partial charge in [0.2, 0.25) is 0 Å². The molecule has 0 atom stereocenters. The minimum absolute atomic E-state index is 1.22. The molecule has 146 valence electrons. The van der Waals surface area contributed by atoms with Gasteiger partial charge in [-0.1, -0.05) is 0 Å². The van der Waals surface area contributed by atoms with Gasteiger partial charge in [0.15, 0.2) is 0 Å². The Morgan fingerprint density at radius 2 is 1.27 bits per heavy atom. The summed E-state index contributed by atoms with van der Waals surface area (Å²) in [5.41, 5.74) is 1.50. The first kappa shape index (κ1) is 21.9. The van der Waals surface area contributed by atoms with Crippen LogP contribution in [0.15, 0.2) is 30.3 Å². The first-order chi connectivity index (χ1) is 12.7. The molecule has 0 saturated carbocycles. The Hall–Kier alpha value is -0.441. The molecule has 0 aliphatic heterocycles. The molecule has 2 heteroatoms. The van der Waals surface area contributed by atoms with Crippen LogP contribution in [0.4, 0.5) is 0 Å². The van der Waals surface area contributed by atoms with E-state index in [0.29, 0.717) is 0 Å². The zero-order valence-corrected chi connectivity index (χ0v) is 20.7. The van der Waals surface area contributed by atoms with Gasteiger partial charge in [-0.3, -0.25) is 0 Å². The summed E-state index contributed by atoms with van der Waals surface area (Å²) in [7, 11) is 0. The third kappa shape index (κ3) is 5.30. The van der Waals surface area contributed by atoms with Gasteiger partial charge >= 0.3 is 167 Å². The number of fused-ring (bicyclic) bond motifs is 1. The molecule has 0 amide bonds. The number of benzene rings is 1. The van der Waals surface area contributed by atoms with Gasteiger partial charge in [0, 0.05) is 0 Å². The summed E-state index contributed by atoms with van der Waals surface area (Å²) in [6.07, 6.45) is 11.0. The molecule has 0 spiro atoms. The molecule has 1 nitrogen and oxygen atoms in total. The molecule has 0 radical (unpaired) electrons. The Kier molecular flexibility index (Phi) is 9.59. The molecule has 0 bridgehead atoms. The van der Waals surface area contributed by atoms with Crippen LogP contribution >= 0.6 is 0 Å². The number of unbranched alkanes of at least 4 members (excludes halogenated alkanes) is 4. The van der Waals surface area contributed by atoms with E-state index in [2.05, 4.69) is 62.6 Å². The molecule has 0 unspecified atom stereocenters. The van der Waals surface area contributed by atoms with Crippen LogP contribution in [0.5, 0.6) is 0 Å². The van der Waals surface area contributed by atoms with Gasteiger partial charge in [-0.2, -0.15) is 0 Å². The summed E-state index contributed by atoms with van der Waals surface area (Å²) >= 11 is -2.38. The van der Waals surface area contributed by atoms with E-state index in [1.807, 2.05) is 3.71 Å². The maximum atomic E-state index is 2.79. The van der Waals surface area contributed by atoms with Crippen molar-refractivity contribution in [2.45, 2.75) is 98.9 Å². The molecular weight excluding hydrogens is 421 g/mol. The van der Waals surface area contributed by atoms with Crippen molar-refractivity contribution in [3.05, 3.63) is 30.3 Å². The molecule has 1 aromatic heterocycles. The van der Waals surface area contributed by atoms with Gasteiger partial charge < -0.3 is 0 Å². The van der Waals surface area contributed by atoms with Gasteiger partial charge in [0.25, 0.3) is 0 Å². The van der Waals surface area contributed by atoms with Crippen LogP contribution in [0, 0.1) is 0 Å². The molecule has 2 aromatic rings. The number of para-hydroxylation sites is 1. The summed E-state index contributed by atoms with van der Waals surface area (Å²) in [4.78, 5) is 0. The molecule has 0 N–H and O–H groups in total. The minimum atomic E-state index is -2.38. The van der Waals surface area contributed by atoms with E-state index < -0.39 is 18.4 Å². The number of rotatable bonds is 13. The molecule has 2 rings (SSSR count). The first-order valence-corrected chi connectivity index (χ1v) is 18.8. The Balaban J connectivity index is 2.55. The van der Waals surface area contributed by atoms with Crippen molar-refractivity contribution in [1.29, 1.82) is 0 Å². The van der Waals surface area contributed by atoms with E-state index in [0.717, 1.165) is 0 Å². The topological polar surface area (TPSA) is 4.93 Å². The molecule has 0 aliphatic carbocycles. The molecule has 0 saturated heterocycles. The molecule has 26 heavy (non-hydrogen) atoms. The first-order valence-electron chi connectivity index (χ1n) is 11.3. The van der Waals surface area contributed by atoms with E-state index in [4.69, 9.17) is 0 Å². The maximum absolute atomic E-state index is 2.79. The Bertz CT molecular complexity index is 621. The molecule has 1 heterocycles. The Morgan fingerprint density at radius 3 is 1.81 bits per heavy atom. The predicted molar refractivity (Wildman–Crippen MR) is 121 cm³/mol. The van der Waals surface area contributed by atoms with Crippen LogP contribution in [-0.2, 0) is 6.54 Å². The number of aromatic nitrogens is 1. The standard InChI is InChI=1S/C12H14N.3C4H9.Sn/c1-2-3-9-13-10-8-11-6-4-5-7-12(11)13;3*1-3-4-2;/h4-8H,2-3,9H2,1H3;3*1,3-4H2,2H3;. The van der Waals surface area contributed by atoms with Gasteiger partial charge in [-0.05, 0) is 0 Å². The summed E-state index contributed by atoms with van der Waals surface area (Å²) in [6, 6.07) is 11.8. The summed E-state index contributed by atoms with van der Waals surface area (Å²) in [5.74, 6) is 0. The van der Waals surface area contributed by atoms with E-state index in [1.165, 1.54) is 68.8 Å². The fourth-order valence-electron chi connectivity index (χ4n) is 4.51. The van der Waals surface area contributed by atoms with Crippen molar-refractivity contribution in [2.75, 3.05) is 0 Å². The molecule has 1 aromatic carbocycles. The predicted octanol–water partition coefficient (Wildman–Crippen LogP) is 7.50.